The summed E-state index contributed by atoms with van der Waals surface area (Å²) in [5.41, 5.74) is 4.73. The maximum Gasteiger partial charge on any atom is 0.573 e. The molecule has 48 heavy (non-hydrogen) atoms. The van der Waals surface area contributed by atoms with Gasteiger partial charge < -0.3 is 19.7 Å². The van der Waals surface area contributed by atoms with E-state index in [0.29, 0.717) is 29.1 Å². The number of hydrogen-bond acceptors (Lipinski definition) is 6. The van der Waals surface area contributed by atoms with Crippen molar-refractivity contribution in [2.75, 3.05) is 30.9 Å². The number of nitrogens with one attached hydrogen (secondary N) is 1. The number of ether oxygens (including phenoxy) is 2. The van der Waals surface area contributed by atoms with Crippen molar-refractivity contribution in [3.8, 4) is 28.6 Å². The van der Waals surface area contributed by atoms with Crippen molar-refractivity contribution >= 4 is 28.6 Å². The van der Waals surface area contributed by atoms with Crippen LogP contribution in [0.3, 0.4) is 0 Å². The third kappa shape index (κ3) is 9.30. The van der Waals surface area contributed by atoms with E-state index in [0.717, 1.165) is 59.7 Å². The molecule has 0 spiro atoms. The molecule has 5 rings (SSSR count). The fourth-order valence-electron chi connectivity index (χ4n) is 5.41. The summed E-state index contributed by atoms with van der Waals surface area (Å²) in [6.45, 7) is 7.77. The molecule has 1 aromatic heterocycles. The highest BCUT2D eigenvalue weighted by molar-refractivity contribution is 8.14. The van der Waals surface area contributed by atoms with E-state index in [1.165, 1.54) is 35.3 Å². The highest BCUT2D eigenvalue weighted by Gasteiger charge is 2.31. The van der Waals surface area contributed by atoms with Crippen LogP contribution < -0.4 is 19.7 Å². The summed E-state index contributed by atoms with van der Waals surface area (Å²) in [7, 11) is 1.66. The molecule has 1 atom stereocenters. The molecule has 0 bridgehead atoms. The van der Waals surface area contributed by atoms with E-state index >= 15 is 0 Å². The number of thioether (sulfide) groups is 1. The van der Waals surface area contributed by atoms with Crippen LogP contribution in [0.15, 0.2) is 78.0 Å². The second-order valence-electron chi connectivity index (χ2n) is 11.9. The summed E-state index contributed by atoms with van der Waals surface area (Å²) in [5, 5.41) is 8.15. The molecule has 254 valence electrons. The topological polar surface area (TPSA) is 93.9 Å². The maximum atomic E-state index is 12.9. The molecule has 4 aromatic rings. The number of amidine groups is 1. The number of aliphatic imine (C=N–C) groups is 1. The second kappa shape index (κ2) is 15.6. The molecule has 0 saturated carbocycles. The minimum absolute atomic E-state index is 0.287. The summed E-state index contributed by atoms with van der Waals surface area (Å²) in [4.78, 5) is 23.8. The van der Waals surface area contributed by atoms with E-state index in [4.69, 9.17) is 4.74 Å². The van der Waals surface area contributed by atoms with Crippen LogP contribution >= 0.6 is 11.8 Å². The first-order valence-electron chi connectivity index (χ1n) is 15.8. The minimum Gasteiger partial charge on any atom is -0.497 e. The van der Waals surface area contributed by atoms with Crippen molar-refractivity contribution < 1.29 is 27.4 Å². The number of halogens is 3. The molecule has 1 N–H and O–H groups in total. The summed E-state index contributed by atoms with van der Waals surface area (Å²) in [6.07, 6.45) is -0.599. The van der Waals surface area contributed by atoms with Crippen molar-refractivity contribution in [3.63, 3.8) is 0 Å². The Morgan fingerprint density at radius 1 is 1.04 bits per heavy atom. The fraction of sp³-hybridized carbons (Fsp3) is 0.371. The lowest BCUT2D eigenvalue weighted by atomic mass is 9.97. The summed E-state index contributed by atoms with van der Waals surface area (Å²) < 4.78 is 48.2. The Labute approximate surface area is 282 Å². The van der Waals surface area contributed by atoms with E-state index in [1.54, 1.807) is 18.9 Å². The molecule has 1 unspecified atom stereocenters. The number of carbonyl (C=O) groups is 1. The molecule has 2 heterocycles. The minimum atomic E-state index is -4.74. The van der Waals surface area contributed by atoms with Crippen LogP contribution in [-0.2, 0) is 6.42 Å². The van der Waals surface area contributed by atoms with Gasteiger partial charge in [-0.1, -0.05) is 56.8 Å². The number of rotatable bonds is 11. The van der Waals surface area contributed by atoms with Gasteiger partial charge in [0.05, 0.1) is 12.8 Å². The number of alkyl halides is 3. The monoisotopic (exact) mass is 680 g/mol. The van der Waals surface area contributed by atoms with Gasteiger partial charge in [-0.15, -0.1) is 18.3 Å². The van der Waals surface area contributed by atoms with E-state index in [2.05, 4.69) is 56.9 Å². The molecular formula is C35H39F3N6O3S. The van der Waals surface area contributed by atoms with Crippen LogP contribution in [0, 0.1) is 5.92 Å². The zero-order valence-electron chi connectivity index (χ0n) is 27.3. The van der Waals surface area contributed by atoms with Crippen LogP contribution in [0.2, 0.25) is 0 Å². The van der Waals surface area contributed by atoms with Gasteiger partial charge in [0.1, 0.15) is 17.8 Å². The number of methoxy groups -OCH3 is 1. The number of urea groups is 1. The van der Waals surface area contributed by atoms with Crippen LogP contribution in [-0.4, -0.2) is 58.3 Å². The zero-order valence-corrected chi connectivity index (χ0v) is 28.1. The Morgan fingerprint density at radius 3 is 2.46 bits per heavy atom. The lowest BCUT2D eigenvalue weighted by Gasteiger charge is -2.32. The third-order valence-corrected chi connectivity index (χ3v) is 8.93. The average Bonchev–Trinajstić information content (AvgIpc) is 3.55. The molecule has 1 aliphatic rings. The van der Waals surface area contributed by atoms with Crippen molar-refractivity contribution in [2.45, 2.75) is 52.3 Å². The van der Waals surface area contributed by atoms with E-state index in [-0.39, 0.29) is 17.7 Å². The Hall–Kier alpha value is -4.52. The normalized spacial score (nSPS) is 15.1. The smallest absolute Gasteiger partial charge is 0.497 e. The summed E-state index contributed by atoms with van der Waals surface area (Å²) in [5.74, 6) is 2.53. The van der Waals surface area contributed by atoms with Gasteiger partial charge >= 0.3 is 12.4 Å². The largest absolute Gasteiger partial charge is 0.573 e. The molecule has 0 aliphatic carbocycles. The third-order valence-electron chi connectivity index (χ3n) is 7.87. The number of aromatic nitrogens is 3. The van der Waals surface area contributed by atoms with Gasteiger partial charge in [-0.25, -0.2) is 14.5 Å². The Balaban J connectivity index is 1.12. The number of nitrogens with zero attached hydrogens (tertiary/aromatic N) is 5. The first kappa shape index (κ1) is 34.8. The molecule has 2 amide bonds. The van der Waals surface area contributed by atoms with Gasteiger partial charge in [-0.05, 0) is 84.7 Å². The van der Waals surface area contributed by atoms with Gasteiger partial charge in [0.15, 0.2) is 11.0 Å². The van der Waals surface area contributed by atoms with Crippen molar-refractivity contribution in [1.82, 2.24) is 20.1 Å². The lowest BCUT2D eigenvalue weighted by molar-refractivity contribution is -0.274. The molecule has 9 nitrogen and oxygen atoms in total. The van der Waals surface area contributed by atoms with Gasteiger partial charge in [-0.3, -0.25) is 0 Å². The first-order valence-corrected chi connectivity index (χ1v) is 16.8. The molecule has 0 radical (unpaired) electrons. The Morgan fingerprint density at radius 2 is 1.77 bits per heavy atom. The number of anilines is 1. The Bertz CT molecular complexity index is 1710. The van der Waals surface area contributed by atoms with Crippen molar-refractivity contribution in [1.29, 1.82) is 0 Å². The molecule has 1 fully saturated rings. The maximum absolute atomic E-state index is 12.9. The van der Waals surface area contributed by atoms with Crippen LogP contribution in [0.1, 0.15) is 50.7 Å². The van der Waals surface area contributed by atoms with Gasteiger partial charge in [-0.2, -0.15) is 4.99 Å². The molecule has 13 heteroatoms. The van der Waals surface area contributed by atoms with E-state index in [1.807, 2.05) is 36.4 Å². The van der Waals surface area contributed by atoms with Crippen molar-refractivity contribution in [3.05, 3.63) is 84.2 Å². The molecule has 1 aliphatic heterocycles. The second-order valence-corrected chi connectivity index (χ2v) is 13.0. The zero-order chi connectivity index (χ0) is 34.3. The molecular weight excluding hydrogens is 641 g/mol. The lowest BCUT2D eigenvalue weighted by Crippen LogP contribution is -2.36. The first-order chi connectivity index (χ1) is 23.0. The predicted octanol–water partition coefficient (Wildman–Crippen LogP) is 8.24. The van der Waals surface area contributed by atoms with Crippen LogP contribution in [0.5, 0.6) is 11.5 Å². The summed E-state index contributed by atoms with van der Waals surface area (Å²) in [6, 6.07) is 19.1. The number of amides is 2. The van der Waals surface area contributed by atoms with Crippen LogP contribution in [0.4, 0.5) is 23.7 Å². The van der Waals surface area contributed by atoms with E-state index in [9.17, 15) is 18.0 Å². The Kier molecular flexibility index (Phi) is 11.3. The summed E-state index contributed by atoms with van der Waals surface area (Å²) >= 11 is 1.60. The molecule has 3 aromatic carbocycles. The molecule has 1 saturated heterocycles. The van der Waals surface area contributed by atoms with Crippen molar-refractivity contribution in [2.24, 2.45) is 10.9 Å². The van der Waals surface area contributed by atoms with E-state index < -0.39 is 6.36 Å². The van der Waals surface area contributed by atoms with Crippen LogP contribution in [0.25, 0.3) is 17.1 Å². The number of benzene rings is 3. The quantitative estimate of drug-likeness (QED) is 0.171. The highest BCUT2D eigenvalue weighted by Crippen LogP contribution is 2.35. The standard InChI is InChI=1S/C35H39F3N6O3S/c1-23(2)30-21-29(46-4)14-15-31(30)43-18-5-19-48-34(43)41-33(45)39-17-16-24(3)20-25-6-8-26(9-7-25)32-40-22-44(42-32)27-10-12-28(13-11-27)47-35(36,37)38/h6-15,21-24H,5,16-20H2,1-4H3,(H,39,45). The fourth-order valence-corrected chi connectivity index (χ4v) is 6.36. The predicted molar refractivity (Wildman–Crippen MR) is 183 cm³/mol. The van der Waals surface area contributed by atoms with Gasteiger partial charge in [0, 0.05) is 30.1 Å². The van der Waals surface area contributed by atoms with Gasteiger partial charge in [0.25, 0.3) is 0 Å². The highest BCUT2D eigenvalue weighted by atomic mass is 32.2. The average molecular weight is 681 g/mol. The number of carbonyl (C=O) groups excluding carboxylic acids is 1. The number of hydrogen-bond donors (Lipinski definition) is 1. The van der Waals surface area contributed by atoms with Gasteiger partial charge in [0.2, 0.25) is 0 Å². The SMILES string of the molecule is COc1ccc(N2CCCSC2=NC(=O)NCCC(C)Cc2ccc(-c3ncn(-c4ccc(OC(F)(F)F)cc4)n3)cc2)c(C(C)C)c1.